The van der Waals surface area contributed by atoms with E-state index in [0.717, 1.165) is 27.4 Å². The Balaban J connectivity index is 1.52. The first-order valence-corrected chi connectivity index (χ1v) is 10.8. The monoisotopic (exact) mass is 419 g/mol. The normalized spacial score (nSPS) is 12.5. The maximum atomic E-state index is 13.1. The van der Waals surface area contributed by atoms with Crippen LogP contribution in [0.15, 0.2) is 71.8 Å². The highest BCUT2D eigenvalue weighted by Gasteiger charge is 2.17. The quantitative estimate of drug-likeness (QED) is 0.493. The van der Waals surface area contributed by atoms with Crippen LogP contribution < -0.4 is 5.56 Å². The summed E-state index contributed by atoms with van der Waals surface area (Å²) in [6.07, 6.45) is 0.888. The number of aliphatic hydroxyl groups excluding tert-OH is 1. The topological polar surface area (TPSA) is 58.4 Å². The lowest BCUT2D eigenvalue weighted by atomic mass is 10.1. The molecule has 30 heavy (non-hydrogen) atoms. The highest BCUT2D eigenvalue weighted by atomic mass is 32.1. The maximum Gasteiger partial charge on any atom is 0.262 e. The first-order valence-electron chi connectivity index (χ1n) is 9.97. The molecule has 2 aromatic heterocycles. The number of fused-ring (bicyclic) bond motifs is 1. The number of thiophene rings is 1. The second-order valence-electron chi connectivity index (χ2n) is 7.64. The third kappa shape index (κ3) is 4.36. The standard InChI is InChI=1S/C24H25N3O2S/c1-17-21-23(30-22(17)19-11-7-4-8-12-19)25-16-27(24(21)29)15-20(28)14-26(2)13-18-9-5-3-6-10-18/h3-12,16,20,28H,13-15H2,1-2H3. The number of nitrogens with zero attached hydrogens (tertiary/aromatic N) is 3. The van der Waals surface area contributed by atoms with Crippen molar-refractivity contribution in [3.8, 4) is 10.4 Å². The molecule has 1 atom stereocenters. The fourth-order valence-corrected chi connectivity index (χ4v) is 4.90. The zero-order valence-corrected chi connectivity index (χ0v) is 18.0. The fraction of sp³-hybridized carbons (Fsp3) is 0.250. The van der Waals surface area contributed by atoms with Gasteiger partial charge < -0.3 is 5.11 Å². The van der Waals surface area contributed by atoms with Crippen molar-refractivity contribution < 1.29 is 5.11 Å². The van der Waals surface area contributed by atoms with Crippen LogP contribution in [0.1, 0.15) is 11.1 Å². The molecular formula is C24H25N3O2S. The minimum atomic E-state index is -0.664. The number of hydrogen-bond donors (Lipinski definition) is 1. The number of aromatic nitrogens is 2. The number of rotatable bonds is 7. The summed E-state index contributed by atoms with van der Waals surface area (Å²) < 4.78 is 1.53. The Morgan fingerprint density at radius 2 is 1.77 bits per heavy atom. The van der Waals surface area contributed by atoms with Crippen molar-refractivity contribution in [3.63, 3.8) is 0 Å². The Kier molecular flexibility index (Phi) is 6.08. The zero-order chi connectivity index (χ0) is 21.1. The molecule has 6 heteroatoms. The van der Waals surface area contributed by atoms with Crippen molar-refractivity contribution in [3.05, 3.63) is 88.5 Å². The van der Waals surface area contributed by atoms with Gasteiger partial charge in [0.05, 0.1) is 24.4 Å². The summed E-state index contributed by atoms with van der Waals surface area (Å²) in [5.41, 5.74) is 3.13. The van der Waals surface area contributed by atoms with Gasteiger partial charge in [-0.3, -0.25) is 14.3 Å². The molecule has 4 aromatic rings. The van der Waals surface area contributed by atoms with E-state index < -0.39 is 6.10 Å². The van der Waals surface area contributed by atoms with Crippen molar-refractivity contribution in [1.82, 2.24) is 14.5 Å². The van der Waals surface area contributed by atoms with Crippen LogP contribution in [0.3, 0.4) is 0 Å². The average molecular weight is 420 g/mol. The molecule has 154 valence electrons. The summed E-state index contributed by atoms with van der Waals surface area (Å²) in [7, 11) is 1.97. The van der Waals surface area contributed by atoms with Crippen LogP contribution >= 0.6 is 11.3 Å². The smallest absolute Gasteiger partial charge is 0.262 e. The zero-order valence-electron chi connectivity index (χ0n) is 17.2. The molecule has 1 N–H and O–H groups in total. The summed E-state index contributed by atoms with van der Waals surface area (Å²) in [6, 6.07) is 20.2. The van der Waals surface area contributed by atoms with Gasteiger partial charge in [-0.05, 0) is 30.7 Å². The molecular weight excluding hydrogens is 394 g/mol. The Bertz CT molecular complexity index is 1190. The molecule has 4 rings (SSSR count). The van der Waals surface area contributed by atoms with E-state index in [1.165, 1.54) is 21.5 Å². The highest BCUT2D eigenvalue weighted by molar-refractivity contribution is 7.22. The Hall–Kier alpha value is -2.80. The summed E-state index contributed by atoms with van der Waals surface area (Å²) in [4.78, 5) is 21.5. The van der Waals surface area contributed by atoms with E-state index in [9.17, 15) is 9.90 Å². The van der Waals surface area contributed by atoms with Crippen LogP contribution in [-0.4, -0.2) is 39.3 Å². The summed E-state index contributed by atoms with van der Waals surface area (Å²) in [6.45, 7) is 3.40. The minimum Gasteiger partial charge on any atom is -0.390 e. The molecule has 0 aliphatic carbocycles. The largest absolute Gasteiger partial charge is 0.390 e. The predicted molar refractivity (Wildman–Crippen MR) is 123 cm³/mol. The third-order valence-corrected chi connectivity index (χ3v) is 6.43. The van der Waals surface area contributed by atoms with E-state index in [-0.39, 0.29) is 12.1 Å². The van der Waals surface area contributed by atoms with Crippen LogP contribution in [0.4, 0.5) is 0 Å². The van der Waals surface area contributed by atoms with Crippen molar-refractivity contribution in [2.75, 3.05) is 13.6 Å². The lowest BCUT2D eigenvalue weighted by Crippen LogP contribution is -2.34. The molecule has 0 spiro atoms. The van der Waals surface area contributed by atoms with E-state index in [4.69, 9.17) is 0 Å². The number of aryl methyl sites for hydroxylation is 1. The molecule has 0 amide bonds. The molecule has 2 aromatic carbocycles. The second kappa shape index (κ2) is 8.92. The van der Waals surface area contributed by atoms with E-state index in [1.54, 1.807) is 6.33 Å². The SMILES string of the molecule is Cc1c(-c2ccccc2)sc2ncn(CC(O)CN(C)Cc3ccccc3)c(=O)c12. The van der Waals surface area contributed by atoms with Gasteiger partial charge in [0.25, 0.3) is 5.56 Å². The van der Waals surface area contributed by atoms with E-state index in [2.05, 4.69) is 22.0 Å². The van der Waals surface area contributed by atoms with Crippen molar-refractivity contribution >= 4 is 21.6 Å². The average Bonchev–Trinajstić information content (AvgIpc) is 3.08. The number of benzene rings is 2. The van der Waals surface area contributed by atoms with E-state index in [0.29, 0.717) is 11.9 Å². The highest BCUT2D eigenvalue weighted by Crippen LogP contribution is 2.35. The van der Waals surface area contributed by atoms with Gasteiger partial charge in [0.15, 0.2) is 0 Å². The van der Waals surface area contributed by atoms with Gasteiger partial charge in [-0.2, -0.15) is 0 Å². The summed E-state index contributed by atoms with van der Waals surface area (Å²) in [5.74, 6) is 0. The van der Waals surface area contributed by atoms with Crippen LogP contribution in [0.5, 0.6) is 0 Å². The Labute approximate surface area is 179 Å². The molecule has 0 saturated heterocycles. The Morgan fingerprint density at radius 3 is 2.47 bits per heavy atom. The van der Waals surface area contributed by atoms with Crippen LogP contribution in [0.2, 0.25) is 0 Å². The molecule has 0 radical (unpaired) electrons. The molecule has 5 nitrogen and oxygen atoms in total. The molecule has 1 unspecified atom stereocenters. The van der Waals surface area contributed by atoms with E-state index in [1.807, 2.05) is 62.5 Å². The summed E-state index contributed by atoms with van der Waals surface area (Å²) in [5, 5.41) is 11.2. The van der Waals surface area contributed by atoms with Crippen LogP contribution in [0.25, 0.3) is 20.7 Å². The van der Waals surface area contributed by atoms with Crippen molar-refractivity contribution in [2.24, 2.45) is 0 Å². The van der Waals surface area contributed by atoms with Gasteiger partial charge >= 0.3 is 0 Å². The van der Waals surface area contributed by atoms with Crippen LogP contribution in [-0.2, 0) is 13.1 Å². The minimum absolute atomic E-state index is 0.0966. The number of likely N-dealkylation sites (N-methyl/N-ethyl adjacent to an activating group) is 1. The first kappa shape index (κ1) is 20.5. The molecule has 0 aliphatic heterocycles. The van der Waals surface area contributed by atoms with E-state index >= 15 is 0 Å². The van der Waals surface area contributed by atoms with Crippen molar-refractivity contribution in [2.45, 2.75) is 26.1 Å². The fourth-order valence-electron chi connectivity index (χ4n) is 3.76. The summed E-state index contributed by atoms with van der Waals surface area (Å²) >= 11 is 1.54. The van der Waals surface area contributed by atoms with Gasteiger partial charge in [-0.25, -0.2) is 4.98 Å². The molecule has 0 fully saturated rings. The first-order chi connectivity index (χ1) is 14.5. The van der Waals surface area contributed by atoms with Gasteiger partial charge in [0, 0.05) is 18.0 Å². The van der Waals surface area contributed by atoms with Gasteiger partial charge in [-0.1, -0.05) is 60.7 Å². The van der Waals surface area contributed by atoms with Gasteiger partial charge in [0.2, 0.25) is 0 Å². The predicted octanol–water partition coefficient (Wildman–Crippen LogP) is 3.93. The van der Waals surface area contributed by atoms with Crippen molar-refractivity contribution in [1.29, 1.82) is 0 Å². The van der Waals surface area contributed by atoms with Gasteiger partial charge in [-0.15, -0.1) is 11.3 Å². The lowest BCUT2D eigenvalue weighted by molar-refractivity contribution is 0.106. The molecule has 0 bridgehead atoms. The lowest BCUT2D eigenvalue weighted by Gasteiger charge is -2.21. The number of hydrogen-bond acceptors (Lipinski definition) is 5. The molecule has 0 saturated carbocycles. The third-order valence-electron chi connectivity index (χ3n) is 5.18. The van der Waals surface area contributed by atoms with Gasteiger partial charge in [0.1, 0.15) is 4.83 Å². The molecule has 2 heterocycles. The second-order valence-corrected chi connectivity index (χ2v) is 8.64. The van der Waals surface area contributed by atoms with Crippen LogP contribution in [0, 0.1) is 6.92 Å². The Morgan fingerprint density at radius 1 is 1.10 bits per heavy atom. The molecule has 0 aliphatic rings. The maximum absolute atomic E-state index is 13.1. The number of aliphatic hydroxyl groups is 1.